The second-order valence-electron chi connectivity index (χ2n) is 5.70. The molecule has 1 aliphatic rings. The van der Waals surface area contributed by atoms with Crippen molar-refractivity contribution in [3.05, 3.63) is 42.5 Å². The first-order valence-electron chi connectivity index (χ1n) is 7.47. The van der Waals surface area contributed by atoms with Gasteiger partial charge in [0.05, 0.1) is 18.3 Å². The van der Waals surface area contributed by atoms with Crippen LogP contribution in [0.5, 0.6) is 0 Å². The molecule has 1 saturated heterocycles. The summed E-state index contributed by atoms with van der Waals surface area (Å²) in [7, 11) is 1.80. The van der Waals surface area contributed by atoms with E-state index in [0.29, 0.717) is 12.0 Å². The maximum absolute atomic E-state index is 5.58. The van der Waals surface area contributed by atoms with E-state index in [9.17, 15) is 0 Å². The van der Waals surface area contributed by atoms with Crippen LogP contribution in [0.4, 0.5) is 0 Å². The number of ether oxygens (including phenoxy) is 1. The fourth-order valence-corrected chi connectivity index (χ4v) is 2.91. The van der Waals surface area contributed by atoms with Gasteiger partial charge in [0.2, 0.25) is 0 Å². The standard InChI is InChI=1S/C16H22N4O/c1-13-8-9-19(10-15(13)21-2)11-16-17-12-18-20(16)14-6-4-3-5-7-14/h3-7,12-13,15H,8-11H2,1-2H3. The molecule has 3 rings (SSSR count). The molecule has 5 heteroatoms. The summed E-state index contributed by atoms with van der Waals surface area (Å²) in [5.41, 5.74) is 1.05. The van der Waals surface area contributed by atoms with E-state index in [2.05, 4.69) is 34.0 Å². The topological polar surface area (TPSA) is 43.2 Å². The van der Waals surface area contributed by atoms with E-state index in [-0.39, 0.29) is 0 Å². The van der Waals surface area contributed by atoms with E-state index in [1.807, 2.05) is 22.9 Å². The Bertz CT molecular complexity index is 569. The number of methoxy groups -OCH3 is 1. The van der Waals surface area contributed by atoms with Crippen molar-refractivity contribution < 1.29 is 4.74 Å². The van der Waals surface area contributed by atoms with Crippen molar-refractivity contribution in [1.82, 2.24) is 19.7 Å². The van der Waals surface area contributed by atoms with Crippen LogP contribution >= 0.6 is 0 Å². The van der Waals surface area contributed by atoms with Crippen molar-refractivity contribution in [3.63, 3.8) is 0 Å². The Labute approximate surface area is 125 Å². The van der Waals surface area contributed by atoms with Gasteiger partial charge in [-0.1, -0.05) is 25.1 Å². The first kappa shape index (κ1) is 14.2. The van der Waals surface area contributed by atoms with Crippen molar-refractivity contribution in [2.45, 2.75) is 26.0 Å². The monoisotopic (exact) mass is 286 g/mol. The zero-order chi connectivity index (χ0) is 14.7. The predicted molar refractivity (Wildman–Crippen MR) is 81.2 cm³/mol. The molecular weight excluding hydrogens is 264 g/mol. The van der Waals surface area contributed by atoms with Gasteiger partial charge in [0.1, 0.15) is 12.2 Å². The van der Waals surface area contributed by atoms with Gasteiger partial charge in [-0.2, -0.15) is 5.10 Å². The second-order valence-corrected chi connectivity index (χ2v) is 5.70. The zero-order valence-electron chi connectivity index (χ0n) is 12.6. The molecule has 2 heterocycles. The van der Waals surface area contributed by atoms with Gasteiger partial charge in [-0.05, 0) is 31.0 Å². The van der Waals surface area contributed by atoms with Crippen molar-refractivity contribution in [2.75, 3.05) is 20.2 Å². The lowest BCUT2D eigenvalue weighted by molar-refractivity contribution is -0.00832. The van der Waals surface area contributed by atoms with Crippen LogP contribution in [0.15, 0.2) is 36.7 Å². The summed E-state index contributed by atoms with van der Waals surface area (Å²) in [5, 5.41) is 4.35. The van der Waals surface area contributed by atoms with Gasteiger partial charge in [0.15, 0.2) is 0 Å². The molecular formula is C16H22N4O. The molecule has 2 aromatic rings. The number of hydrogen-bond acceptors (Lipinski definition) is 4. The molecule has 1 aliphatic heterocycles. The molecule has 0 radical (unpaired) electrons. The summed E-state index contributed by atoms with van der Waals surface area (Å²) in [6.07, 6.45) is 3.10. The van der Waals surface area contributed by atoms with Crippen molar-refractivity contribution >= 4 is 0 Å². The summed E-state index contributed by atoms with van der Waals surface area (Å²) >= 11 is 0. The van der Waals surface area contributed by atoms with Crippen LogP contribution in [0.1, 0.15) is 19.2 Å². The zero-order valence-corrected chi connectivity index (χ0v) is 12.6. The SMILES string of the molecule is COC1CN(Cc2ncnn2-c2ccccc2)CCC1C. The highest BCUT2D eigenvalue weighted by molar-refractivity contribution is 5.30. The van der Waals surface area contributed by atoms with Crippen LogP contribution in [0.3, 0.4) is 0 Å². The van der Waals surface area contributed by atoms with Gasteiger partial charge < -0.3 is 4.74 Å². The molecule has 2 unspecified atom stereocenters. The molecule has 0 bridgehead atoms. The summed E-state index contributed by atoms with van der Waals surface area (Å²) < 4.78 is 7.50. The van der Waals surface area contributed by atoms with Crippen LogP contribution in [-0.2, 0) is 11.3 Å². The second kappa shape index (κ2) is 6.37. The average molecular weight is 286 g/mol. The molecule has 0 N–H and O–H groups in total. The number of nitrogens with zero attached hydrogens (tertiary/aromatic N) is 4. The third-order valence-electron chi connectivity index (χ3n) is 4.26. The Morgan fingerprint density at radius 3 is 2.86 bits per heavy atom. The smallest absolute Gasteiger partial charge is 0.146 e. The third-order valence-corrected chi connectivity index (χ3v) is 4.26. The summed E-state index contributed by atoms with van der Waals surface area (Å²) in [6, 6.07) is 10.1. The highest BCUT2D eigenvalue weighted by Gasteiger charge is 2.26. The molecule has 1 aromatic heterocycles. The van der Waals surface area contributed by atoms with Gasteiger partial charge >= 0.3 is 0 Å². The number of benzene rings is 1. The summed E-state index contributed by atoms with van der Waals surface area (Å²) in [5.74, 6) is 1.60. The lowest BCUT2D eigenvalue weighted by atomic mass is 9.96. The average Bonchev–Trinajstić information content (AvgIpc) is 2.98. The lowest BCUT2D eigenvalue weighted by Crippen LogP contribution is -2.43. The Kier molecular flexibility index (Phi) is 4.31. The largest absolute Gasteiger partial charge is 0.380 e. The minimum absolute atomic E-state index is 0.312. The summed E-state index contributed by atoms with van der Waals surface area (Å²) in [4.78, 5) is 6.83. The third kappa shape index (κ3) is 3.14. The first-order valence-corrected chi connectivity index (χ1v) is 7.47. The highest BCUT2D eigenvalue weighted by atomic mass is 16.5. The molecule has 1 fully saturated rings. The number of piperidine rings is 1. The minimum atomic E-state index is 0.312. The molecule has 21 heavy (non-hydrogen) atoms. The molecule has 1 aromatic carbocycles. The van der Waals surface area contributed by atoms with Crippen LogP contribution in [0.25, 0.3) is 5.69 Å². The minimum Gasteiger partial charge on any atom is -0.380 e. The normalized spacial score (nSPS) is 23.3. The number of aromatic nitrogens is 3. The van der Waals surface area contributed by atoms with E-state index in [1.54, 1.807) is 13.4 Å². The van der Waals surface area contributed by atoms with Gasteiger partial charge in [-0.25, -0.2) is 9.67 Å². The number of para-hydroxylation sites is 1. The Hall–Kier alpha value is -1.72. The Morgan fingerprint density at radius 1 is 1.29 bits per heavy atom. The highest BCUT2D eigenvalue weighted by Crippen LogP contribution is 2.21. The van der Waals surface area contributed by atoms with Gasteiger partial charge in [-0.3, -0.25) is 4.90 Å². The van der Waals surface area contributed by atoms with E-state index in [4.69, 9.17) is 4.74 Å². The van der Waals surface area contributed by atoms with Gasteiger partial charge in [0.25, 0.3) is 0 Å². The molecule has 0 spiro atoms. The predicted octanol–water partition coefficient (Wildman–Crippen LogP) is 2.12. The van der Waals surface area contributed by atoms with Gasteiger partial charge in [-0.15, -0.1) is 0 Å². The molecule has 0 amide bonds. The summed E-state index contributed by atoms with van der Waals surface area (Å²) in [6.45, 7) is 5.11. The molecule has 5 nitrogen and oxygen atoms in total. The molecule has 0 aliphatic carbocycles. The van der Waals surface area contributed by atoms with E-state index in [0.717, 1.165) is 37.6 Å². The van der Waals surface area contributed by atoms with Crippen LogP contribution < -0.4 is 0 Å². The first-order chi connectivity index (χ1) is 10.3. The van der Waals surface area contributed by atoms with Crippen LogP contribution in [0.2, 0.25) is 0 Å². The van der Waals surface area contributed by atoms with E-state index < -0.39 is 0 Å². The van der Waals surface area contributed by atoms with Crippen molar-refractivity contribution in [1.29, 1.82) is 0 Å². The van der Waals surface area contributed by atoms with E-state index in [1.165, 1.54) is 0 Å². The molecule has 0 saturated carbocycles. The number of hydrogen-bond donors (Lipinski definition) is 0. The lowest BCUT2D eigenvalue weighted by Gasteiger charge is -2.35. The number of rotatable bonds is 4. The quantitative estimate of drug-likeness (QED) is 0.863. The molecule has 2 atom stereocenters. The maximum atomic E-state index is 5.58. The molecule has 112 valence electrons. The van der Waals surface area contributed by atoms with E-state index >= 15 is 0 Å². The van der Waals surface area contributed by atoms with Crippen molar-refractivity contribution in [3.8, 4) is 5.69 Å². The van der Waals surface area contributed by atoms with Gasteiger partial charge in [0, 0.05) is 13.7 Å². The Balaban J connectivity index is 1.73. The fourth-order valence-electron chi connectivity index (χ4n) is 2.91. The van der Waals surface area contributed by atoms with Crippen molar-refractivity contribution in [2.24, 2.45) is 5.92 Å². The maximum Gasteiger partial charge on any atom is 0.146 e. The fraction of sp³-hybridized carbons (Fsp3) is 0.500. The number of likely N-dealkylation sites (tertiary alicyclic amines) is 1. The van der Waals surface area contributed by atoms with Crippen LogP contribution in [-0.4, -0.2) is 46.0 Å². The van der Waals surface area contributed by atoms with Crippen LogP contribution in [0, 0.1) is 5.92 Å². The Morgan fingerprint density at radius 2 is 2.10 bits per heavy atom.